The first-order valence-corrected chi connectivity index (χ1v) is 10.1. The Morgan fingerprint density at radius 1 is 1.03 bits per heavy atom. The van der Waals surface area contributed by atoms with Crippen molar-refractivity contribution in [3.8, 4) is 11.8 Å². The van der Waals surface area contributed by atoms with E-state index in [4.69, 9.17) is 5.26 Å². The summed E-state index contributed by atoms with van der Waals surface area (Å²) in [6.45, 7) is 7.71. The zero-order chi connectivity index (χ0) is 20.2. The molecule has 0 unspecified atom stereocenters. The molecule has 0 bridgehead atoms. The molecule has 0 aliphatic carbocycles. The minimum absolute atomic E-state index is 0.333. The summed E-state index contributed by atoms with van der Waals surface area (Å²) in [5, 5.41) is 16.2. The van der Waals surface area contributed by atoms with E-state index in [2.05, 4.69) is 25.2 Å². The Morgan fingerprint density at radius 2 is 1.69 bits per heavy atom. The van der Waals surface area contributed by atoms with Crippen molar-refractivity contribution < 1.29 is 0 Å². The van der Waals surface area contributed by atoms with Crippen molar-refractivity contribution in [1.82, 2.24) is 25.0 Å². The van der Waals surface area contributed by atoms with Gasteiger partial charge in [-0.05, 0) is 43.0 Å². The Morgan fingerprint density at radius 3 is 2.34 bits per heavy atom. The molecular formula is C20H25N7O2. The summed E-state index contributed by atoms with van der Waals surface area (Å²) in [6, 6.07) is 9.19. The number of hydrogen-bond donors (Lipinski definition) is 2. The minimum atomic E-state index is -0.769. The smallest absolute Gasteiger partial charge is 0.349 e. The highest BCUT2D eigenvalue weighted by Crippen LogP contribution is 2.24. The first kappa shape index (κ1) is 19.4. The van der Waals surface area contributed by atoms with Crippen LogP contribution in [0.4, 0.5) is 5.69 Å². The molecule has 2 fully saturated rings. The fourth-order valence-electron chi connectivity index (χ4n) is 4.09. The summed E-state index contributed by atoms with van der Waals surface area (Å²) in [4.78, 5) is 30.6. The largest absolute Gasteiger partial charge is 0.372 e. The van der Waals surface area contributed by atoms with Gasteiger partial charge in [0.05, 0.1) is 5.69 Å². The van der Waals surface area contributed by atoms with Crippen LogP contribution >= 0.6 is 0 Å². The van der Waals surface area contributed by atoms with Crippen molar-refractivity contribution >= 4 is 5.69 Å². The highest BCUT2D eigenvalue weighted by atomic mass is 16.2. The summed E-state index contributed by atoms with van der Waals surface area (Å²) in [5.74, 6) is 0.747. The average molecular weight is 395 g/mol. The molecule has 4 rings (SSSR count). The first-order chi connectivity index (χ1) is 14.1. The third-order valence-electron chi connectivity index (χ3n) is 5.73. The molecule has 0 radical (unpaired) electrons. The number of hydrogen-bond acceptors (Lipinski definition) is 7. The molecule has 9 nitrogen and oxygen atoms in total. The topological polar surface area (TPSA) is 110 Å². The van der Waals surface area contributed by atoms with Gasteiger partial charge in [0.1, 0.15) is 6.07 Å². The SMILES string of the molecule is N#Cc1nn(-c2ccc(N3CCC(CN4CCNCC4)CC3)cc2)c(=O)[nH]c1=O. The lowest BCUT2D eigenvalue weighted by Crippen LogP contribution is -2.46. The van der Waals surface area contributed by atoms with Gasteiger partial charge in [-0.25, -0.2) is 4.79 Å². The van der Waals surface area contributed by atoms with Crippen molar-refractivity contribution in [2.75, 3.05) is 50.7 Å². The highest BCUT2D eigenvalue weighted by Gasteiger charge is 2.22. The Hall–Kier alpha value is -2.96. The normalized spacial score (nSPS) is 18.5. The van der Waals surface area contributed by atoms with E-state index < -0.39 is 11.2 Å². The highest BCUT2D eigenvalue weighted by molar-refractivity contribution is 5.51. The van der Waals surface area contributed by atoms with Crippen LogP contribution in [-0.4, -0.2) is 65.5 Å². The van der Waals surface area contributed by atoms with Crippen LogP contribution < -0.4 is 21.5 Å². The zero-order valence-electron chi connectivity index (χ0n) is 16.3. The van der Waals surface area contributed by atoms with E-state index >= 15 is 0 Å². The maximum absolute atomic E-state index is 12.0. The first-order valence-electron chi connectivity index (χ1n) is 10.1. The number of piperazine rings is 1. The van der Waals surface area contributed by atoms with E-state index in [9.17, 15) is 9.59 Å². The fourth-order valence-corrected chi connectivity index (χ4v) is 4.09. The zero-order valence-corrected chi connectivity index (χ0v) is 16.3. The number of nitrogens with zero attached hydrogens (tertiary/aromatic N) is 5. The summed E-state index contributed by atoms with van der Waals surface area (Å²) < 4.78 is 1.05. The van der Waals surface area contributed by atoms with Gasteiger partial charge in [0, 0.05) is 51.5 Å². The van der Waals surface area contributed by atoms with E-state index in [1.165, 1.54) is 19.4 Å². The van der Waals surface area contributed by atoms with Crippen LogP contribution in [-0.2, 0) is 0 Å². The molecule has 152 valence electrons. The maximum atomic E-state index is 12.0. The van der Waals surface area contributed by atoms with Crippen LogP contribution in [0.25, 0.3) is 5.69 Å². The number of piperidine rings is 1. The van der Waals surface area contributed by atoms with Crippen molar-refractivity contribution in [3.05, 3.63) is 50.8 Å². The van der Waals surface area contributed by atoms with Crippen LogP contribution in [0, 0.1) is 17.2 Å². The minimum Gasteiger partial charge on any atom is -0.372 e. The van der Waals surface area contributed by atoms with Gasteiger partial charge in [0.25, 0.3) is 5.56 Å². The third kappa shape index (κ3) is 4.39. The number of H-pyrrole nitrogens is 1. The van der Waals surface area contributed by atoms with Crippen molar-refractivity contribution in [1.29, 1.82) is 5.26 Å². The lowest BCUT2D eigenvalue weighted by Gasteiger charge is -2.37. The molecule has 1 aromatic carbocycles. The standard InChI is InChI=1S/C20H25N7O2/c21-13-18-19(28)23-20(29)27(24-18)17-3-1-16(2-4-17)26-9-5-15(6-10-26)14-25-11-7-22-8-12-25/h1-4,15,22H,5-12,14H2,(H,23,28,29). The summed E-state index contributed by atoms with van der Waals surface area (Å²) in [6.07, 6.45) is 2.36. The predicted molar refractivity (Wildman–Crippen MR) is 109 cm³/mol. The molecule has 29 heavy (non-hydrogen) atoms. The van der Waals surface area contributed by atoms with Gasteiger partial charge in [0.2, 0.25) is 5.69 Å². The lowest BCUT2D eigenvalue weighted by atomic mass is 9.95. The quantitative estimate of drug-likeness (QED) is 0.745. The monoisotopic (exact) mass is 395 g/mol. The Balaban J connectivity index is 1.40. The van der Waals surface area contributed by atoms with Crippen molar-refractivity contribution in [2.45, 2.75) is 12.8 Å². The summed E-state index contributed by atoms with van der Waals surface area (Å²) >= 11 is 0. The van der Waals surface area contributed by atoms with Crippen molar-refractivity contribution in [2.24, 2.45) is 5.92 Å². The molecular weight excluding hydrogens is 370 g/mol. The second kappa shape index (κ2) is 8.59. The van der Waals surface area contributed by atoms with Gasteiger partial charge < -0.3 is 15.1 Å². The molecule has 0 spiro atoms. The number of rotatable bonds is 4. The molecule has 2 N–H and O–H groups in total. The van der Waals surface area contributed by atoms with Gasteiger partial charge in [-0.15, -0.1) is 5.10 Å². The number of anilines is 1. The molecule has 0 amide bonds. The van der Waals surface area contributed by atoms with Gasteiger partial charge in [0.15, 0.2) is 0 Å². The van der Waals surface area contributed by atoms with Gasteiger partial charge in [-0.3, -0.25) is 9.78 Å². The summed E-state index contributed by atoms with van der Waals surface area (Å²) in [5.41, 5.74) is -0.141. The second-order valence-electron chi connectivity index (χ2n) is 7.63. The molecule has 0 saturated carbocycles. The molecule has 2 saturated heterocycles. The van der Waals surface area contributed by atoms with Crippen LogP contribution in [0.3, 0.4) is 0 Å². The Kier molecular flexibility index (Phi) is 5.74. The molecule has 2 aromatic rings. The van der Waals surface area contributed by atoms with Crippen molar-refractivity contribution in [3.63, 3.8) is 0 Å². The maximum Gasteiger partial charge on any atom is 0.349 e. The van der Waals surface area contributed by atoms with E-state index in [0.29, 0.717) is 5.69 Å². The number of benzene rings is 1. The van der Waals surface area contributed by atoms with Crippen LogP contribution in [0.15, 0.2) is 33.9 Å². The van der Waals surface area contributed by atoms with E-state index in [-0.39, 0.29) is 5.69 Å². The molecule has 9 heteroatoms. The van der Waals surface area contributed by atoms with Crippen LogP contribution in [0.1, 0.15) is 18.5 Å². The van der Waals surface area contributed by atoms with Crippen LogP contribution in [0.5, 0.6) is 0 Å². The van der Waals surface area contributed by atoms with E-state index in [0.717, 1.165) is 55.6 Å². The van der Waals surface area contributed by atoms with Crippen LogP contribution in [0.2, 0.25) is 0 Å². The van der Waals surface area contributed by atoms with Gasteiger partial charge in [-0.2, -0.15) is 9.94 Å². The molecule has 2 aliphatic heterocycles. The van der Waals surface area contributed by atoms with Gasteiger partial charge in [-0.1, -0.05) is 0 Å². The second-order valence-corrected chi connectivity index (χ2v) is 7.63. The number of nitrogens with one attached hydrogen (secondary N) is 2. The Bertz CT molecular complexity index is 991. The van der Waals surface area contributed by atoms with E-state index in [1.807, 2.05) is 12.1 Å². The summed E-state index contributed by atoms with van der Waals surface area (Å²) in [7, 11) is 0. The predicted octanol–water partition coefficient (Wildman–Crippen LogP) is -0.0859. The Labute approximate surface area is 168 Å². The van der Waals surface area contributed by atoms with Gasteiger partial charge >= 0.3 is 5.69 Å². The third-order valence-corrected chi connectivity index (χ3v) is 5.73. The lowest BCUT2D eigenvalue weighted by molar-refractivity contribution is 0.190. The molecule has 3 heterocycles. The molecule has 1 aromatic heterocycles. The van der Waals surface area contributed by atoms with E-state index in [1.54, 1.807) is 18.2 Å². The fraction of sp³-hybridized carbons (Fsp3) is 0.500. The average Bonchev–Trinajstić information content (AvgIpc) is 2.75. The number of aromatic amines is 1. The number of nitriles is 1. The molecule has 0 atom stereocenters. The molecule has 2 aliphatic rings. The number of aromatic nitrogens is 3.